The van der Waals surface area contributed by atoms with E-state index >= 15 is 0 Å². The van der Waals surface area contributed by atoms with Gasteiger partial charge in [0.05, 0.1) is 11.9 Å². The van der Waals surface area contributed by atoms with E-state index in [4.69, 9.17) is 4.52 Å². The van der Waals surface area contributed by atoms with Crippen LogP contribution in [0.4, 0.5) is 0 Å². The first-order valence-corrected chi connectivity index (χ1v) is 10.8. The van der Waals surface area contributed by atoms with Gasteiger partial charge < -0.3 is 4.52 Å². The third-order valence-electron chi connectivity index (χ3n) is 4.79. The molecule has 28 heavy (non-hydrogen) atoms. The third-order valence-corrected chi connectivity index (χ3v) is 6.61. The lowest BCUT2D eigenvalue weighted by molar-refractivity contribution is 0.247. The van der Waals surface area contributed by atoms with Crippen LogP contribution in [0.1, 0.15) is 24.3 Å². The summed E-state index contributed by atoms with van der Waals surface area (Å²) >= 11 is 0. The number of hydrogen-bond donors (Lipinski definition) is 0. The largest absolute Gasteiger partial charge is 0.339 e. The summed E-state index contributed by atoms with van der Waals surface area (Å²) in [6.07, 6.45) is 7.03. The summed E-state index contributed by atoms with van der Waals surface area (Å²) in [5, 5.41) is 3.96. The van der Waals surface area contributed by atoms with Crippen molar-refractivity contribution in [2.75, 3.05) is 13.1 Å². The van der Waals surface area contributed by atoms with Crippen molar-refractivity contribution in [2.45, 2.75) is 25.0 Å². The fourth-order valence-electron chi connectivity index (χ4n) is 3.43. The van der Waals surface area contributed by atoms with Crippen LogP contribution in [0.5, 0.6) is 0 Å². The molecular weight excluding hydrogens is 378 g/mol. The summed E-state index contributed by atoms with van der Waals surface area (Å²) in [7, 11) is -3.35. The second kappa shape index (κ2) is 8.15. The second-order valence-electron chi connectivity index (χ2n) is 6.91. The van der Waals surface area contributed by atoms with E-state index in [1.165, 1.54) is 0 Å². The Labute approximate surface area is 163 Å². The molecule has 3 aromatic rings. The molecule has 3 heterocycles. The van der Waals surface area contributed by atoms with Gasteiger partial charge in [-0.1, -0.05) is 35.5 Å². The summed E-state index contributed by atoms with van der Waals surface area (Å²) in [5.41, 5.74) is 1.35. The molecule has 8 nitrogen and oxygen atoms in total. The summed E-state index contributed by atoms with van der Waals surface area (Å²) < 4.78 is 32.5. The minimum absolute atomic E-state index is 0.0257. The number of piperidine rings is 1. The molecule has 1 atom stereocenters. The van der Waals surface area contributed by atoms with Crippen molar-refractivity contribution in [3.8, 4) is 11.5 Å². The Kier molecular flexibility index (Phi) is 5.45. The zero-order chi connectivity index (χ0) is 19.4. The monoisotopic (exact) mass is 399 g/mol. The molecule has 0 N–H and O–H groups in total. The molecule has 1 aliphatic heterocycles. The van der Waals surface area contributed by atoms with Crippen LogP contribution < -0.4 is 0 Å². The molecule has 0 aliphatic carbocycles. The van der Waals surface area contributed by atoms with Gasteiger partial charge in [-0.15, -0.1) is 0 Å². The molecule has 1 unspecified atom stereocenters. The van der Waals surface area contributed by atoms with E-state index in [0.717, 1.165) is 18.4 Å². The predicted octanol–water partition coefficient (Wildman–Crippen LogP) is 2.31. The highest BCUT2D eigenvalue weighted by Gasteiger charge is 2.30. The maximum atomic E-state index is 12.8. The second-order valence-corrected chi connectivity index (χ2v) is 8.88. The normalized spacial score (nSPS) is 18.2. The average molecular weight is 399 g/mol. The van der Waals surface area contributed by atoms with Crippen molar-refractivity contribution in [1.29, 1.82) is 0 Å². The predicted molar refractivity (Wildman–Crippen MR) is 102 cm³/mol. The SMILES string of the molecule is O=S(=O)(Cc1ccccc1)N1CCCC(Cc2nc(-c3cnccn3)no2)C1. The van der Waals surface area contributed by atoms with E-state index in [0.29, 0.717) is 36.9 Å². The number of rotatable bonds is 6. The number of benzene rings is 1. The van der Waals surface area contributed by atoms with Crippen molar-refractivity contribution in [2.24, 2.45) is 5.92 Å². The molecule has 0 radical (unpaired) electrons. The van der Waals surface area contributed by atoms with E-state index in [1.54, 1.807) is 22.9 Å². The highest BCUT2D eigenvalue weighted by atomic mass is 32.2. The molecule has 1 fully saturated rings. The van der Waals surface area contributed by atoms with Crippen LogP contribution in [0.3, 0.4) is 0 Å². The molecule has 1 aromatic carbocycles. The lowest BCUT2D eigenvalue weighted by Gasteiger charge is -2.31. The van der Waals surface area contributed by atoms with Gasteiger partial charge in [0, 0.05) is 31.9 Å². The zero-order valence-electron chi connectivity index (χ0n) is 15.3. The summed E-state index contributed by atoms with van der Waals surface area (Å²) in [5.74, 6) is 1.06. The molecule has 4 rings (SSSR count). The number of sulfonamides is 1. The molecule has 9 heteroatoms. The van der Waals surface area contributed by atoms with E-state index in [2.05, 4.69) is 20.1 Å². The smallest absolute Gasteiger partial charge is 0.227 e. The molecular formula is C19H21N5O3S. The van der Waals surface area contributed by atoms with Gasteiger partial charge in [-0.3, -0.25) is 4.98 Å². The van der Waals surface area contributed by atoms with E-state index in [9.17, 15) is 8.42 Å². The highest BCUT2D eigenvalue weighted by molar-refractivity contribution is 7.88. The third kappa shape index (κ3) is 4.42. The van der Waals surface area contributed by atoms with Crippen molar-refractivity contribution < 1.29 is 12.9 Å². The van der Waals surface area contributed by atoms with Crippen LogP contribution in [0.25, 0.3) is 11.5 Å². The molecule has 1 aliphatic rings. The van der Waals surface area contributed by atoms with Crippen LogP contribution in [0.2, 0.25) is 0 Å². The molecule has 0 amide bonds. The van der Waals surface area contributed by atoms with Crippen molar-refractivity contribution in [3.05, 3.63) is 60.4 Å². The van der Waals surface area contributed by atoms with Crippen molar-refractivity contribution >= 4 is 10.0 Å². The maximum Gasteiger partial charge on any atom is 0.227 e. The van der Waals surface area contributed by atoms with Crippen molar-refractivity contribution in [3.63, 3.8) is 0 Å². The molecule has 0 spiro atoms. The fraction of sp³-hybridized carbons (Fsp3) is 0.368. The quantitative estimate of drug-likeness (QED) is 0.627. The van der Waals surface area contributed by atoms with Gasteiger partial charge in [-0.25, -0.2) is 17.7 Å². The van der Waals surface area contributed by atoms with E-state index < -0.39 is 10.0 Å². The summed E-state index contributed by atoms with van der Waals surface area (Å²) in [6.45, 7) is 1.03. The molecule has 0 saturated carbocycles. The topological polar surface area (TPSA) is 102 Å². The lowest BCUT2D eigenvalue weighted by atomic mass is 9.96. The molecule has 2 aromatic heterocycles. The number of nitrogens with zero attached hydrogens (tertiary/aromatic N) is 5. The minimum atomic E-state index is -3.35. The standard InChI is InChI=1S/C19H21N5O3S/c25-28(26,14-15-5-2-1-3-6-15)24-10-4-7-16(13-24)11-18-22-19(23-27-18)17-12-20-8-9-21-17/h1-3,5-6,8-9,12,16H,4,7,10-11,13-14H2. The van der Waals surface area contributed by atoms with Gasteiger partial charge in [0.2, 0.25) is 21.7 Å². The Bertz CT molecular complexity index is 1010. The zero-order valence-corrected chi connectivity index (χ0v) is 16.1. The fourth-order valence-corrected chi connectivity index (χ4v) is 5.07. The number of aromatic nitrogens is 4. The van der Waals surface area contributed by atoms with Gasteiger partial charge in [-0.2, -0.15) is 4.98 Å². The maximum absolute atomic E-state index is 12.8. The van der Waals surface area contributed by atoms with Gasteiger partial charge >= 0.3 is 0 Å². The minimum Gasteiger partial charge on any atom is -0.339 e. The van der Waals surface area contributed by atoms with Crippen LogP contribution in [0.15, 0.2) is 53.4 Å². The Balaban J connectivity index is 1.41. The van der Waals surface area contributed by atoms with Gasteiger partial charge in [-0.05, 0) is 24.3 Å². The molecule has 146 valence electrons. The molecule has 0 bridgehead atoms. The van der Waals surface area contributed by atoms with Crippen molar-refractivity contribution in [1.82, 2.24) is 24.4 Å². The van der Waals surface area contributed by atoms with Crippen LogP contribution in [0, 0.1) is 5.92 Å². The number of hydrogen-bond acceptors (Lipinski definition) is 7. The van der Waals surface area contributed by atoms with E-state index in [1.807, 2.05) is 30.3 Å². The Morgan fingerprint density at radius 2 is 2.04 bits per heavy atom. The lowest BCUT2D eigenvalue weighted by Crippen LogP contribution is -2.41. The average Bonchev–Trinajstić information content (AvgIpc) is 3.18. The summed E-state index contributed by atoms with van der Waals surface area (Å²) in [6, 6.07) is 9.27. The Morgan fingerprint density at radius 1 is 1.18 bits per heavy atom. The van der Waals surface area contributed by atoms with Gasteiger partial charge in [0.25, 0.3) is 0 Å². The molecule has 1 saturated heterocycles. The van der Waals surface area contributed by atoms with Gasteiger partial charge in [0.15, 0.2) is 0 Å². The first-order valence-electron chi connectivity index (χ1n) is 9.21. The van der Waals surface area contributed by atoms with Crippen LogP contribution in [-0.2, 0) is 22.2 Å². The van der Waals surface area contributed by atoms with E-state index in [-0.39, 0.29) is 11.7 Å². The first-order chi connectivity index (χ1) is 13.6. The van der Waals surface area contributed by atoms with Gasteiger partial charge in [0.1, 0.15) is 5.69 Å². The highest BCUT2D eigenvalue weighted by Crippen LogP contribution is 2.24. The summed E-state index contributed by atoms with van der Waals surface area (Å²) in [4.78, 5) is 12.5. The first kappa shape index (κ1) is 18.7. The Hall–Kier alpha value is -2.65. The Morgan fingerprint density at radius 3 is 2.82 bits per heavy atom. The van der Waals surface area contributed by atoms with Crippen LogP contribution >= 0.6 is 0 Å². The van der Waals surface area contributed by atoms with Crippen LogP contribution in [-0.4, -0.2) is 45.9 Å².